The van der Waals surface area contributed by atoms with Crippen molar-refractivity contribution < 1.29 is 19.0 Å². The van der Waals surface area contributed by atoms with Crippen LogP contribution in [0, 0.1) is 0 Å². The second kappa shape index (κ2) is 7.10. The molecule has 1 aromatic heterocycles. The molecule has 0 saturated heterocycles. The highest BCUT2D eigenvalue weighted by molar-refractivity contribution is 5.90. The van der Waals surface area contributed by atoms with Gasteiger partial charge >= 0.3 is 5.97 Å². The number of carbonyl (C=O) groups excluding carboxylic acids is 1. The Bertz CT molecular complexity index is 429. The van der Waals surface area contributed by atoms with Crippen molar-refractivity contribution in [3.63, 3.8) is 0 Å². The molecule has 0 aliphatic rings. The lowest BCUT2D eigenvalue weighted by Gasteiger charge is -2.08. The molecule has 0 fully saturated rings. The van der Waals surface area contributed by atoms with Gasteiger partial charge in [-0.25, -0.2) is 9.48 Å². The molecule has 0 radical (unpaired) electrons. The van der Waals surface area contributed by atoms with Crippen LogP contribution in [0.1, 0.15) is 35.9 Å². The molecule has 0 aromatic carbocycles. The zero-order valence-corrected chi connectivity index (χ0v) is 11.8. The molecule has 7 nitrogen and oxygen atoms in total. The van der Waals surface area contributed by atoms with Crippen molar-refractivity contribution in [2.75, 3.05) is 33.2 Å². The van der Waals surface area contributed by atoms with E-state index in [2.05, 4.69) is 5.10 Å². The van der Waals surface area contributed by atoms with Gasteiger partial charge in [-0.05, 0) is 13.8 Å². The number of hydrogen-bond acceptors (Lipinski definition) is 6. The van der Waals surface area contributed by atoms with E-state index in [0.717, 1.165) is 0 Å². The second-order valence-electron chi connectivity index (χ2n) is 4.29. The molecular formula is C12H21N3O4. The molecular weight excluding hydrogens is 250 g/mol. The van der Waals surface area contributed by atoms with Gasteiger partial charge in [-0.1, -0.05) is 0 Å². The Hall–Kier alpha value is -1.60. The number of anilines is 1. The van der Waals surface area contributed by atoms with Crippen molar-refractivity contribution in [1.82, 2.24) is 9.78 Å². The average Bonchev–Trinajstić information content (AvgIpc) is 2.71. The summed E-state index contributed by atoms with van der Waals surface area (Å²) in [6.45, 7) is 4.96. The highest BCUT2D eigenvalue weighted by Crippen LogP contribution is 2.22. The summed E-state index contributed by atoms with van der Waals surface area (Å²) in [4.78, 5) is 11.7. The zero-order valence-electron chi connectivity index (χ0n) is 11.8. The minimum absolute atomic E-state index is 0.0520. The fourth-order valence-electron chi connectivity index (χ4n) is 1.59. The maximum Gasteiger partial charge on any atom is 0.359 e. The molecule has 1 rings (SSSR count). The number of nitrogen functional groups attached to an aromatic ring is 1. The largest absolute Gasteiger partial charge is 0.464 e. The van der Waals surface area contributed by atoms with Crippen LogP contribution >= 0.6 is 0 Å². The van der Waals surface area contributed by atoms with Crippen LogP contribution in [0.5, 0.6) is 0 Å². The van der Waals surface area contributed by atoms with Crippen molar-refractivity contribution in [2.24, 2.45) is 0 Å². The van der Waals surface area contributed by atoms with E-state index in [9.17, 15) is 4.79 Å². The van der Waals surface area contributed by atoms with Crippen LogP contribution in [0.4, 0.5) is 5.82 Å². The molecule has 0 unspecified atom stereocenters. The summed E-state index contributed by atoms with van der Waals surface area (Å²) in [7, 11) is 2.90. The minimum Gasteiger partial charge on any atom is -0.464 e. The molecule has 0 atom stereocenters. The van der Waals surface area contributed by atoms with E-state index in [1.807, 2.05) is 13.8 Å². The Morgan fingerprint density at radius 2 is 2.05 bits per heavy atom. The maximum atomic E-state index is 11.7. The molecule has 7 heteroatoms. The fraction of sp³-hybridized carbons (Fsp3) is 0.667. The number of carbonyl (C=O) groups is 1. The van der Waals surface area contributed by atoms with Crippen molar-refractivity contribution in [3.05, 3.63) is 11.3 Å². The van der Waals surface area contributed by atoms with Gasteiger partial charge in [-0.3, -0.25) is 0 Å². The predicted molar refractivity (Wildman–Crippen MR) is 69.9 cm³/mol. The highest BCUT2D eigenvalue weighted by Gasteiger charge is 2.23. The van der Waals surface area contributed by atoms with E-state index in [-0.39, 0.29) is 18.3 Å². The van der Waals surface area contributed by atoms with Gasteiger partial charge in [-0.2, -0.15) is 5.10 Å². The Balaban J connectivity index is 2.94. The van der Waals surface area contributed by atoms with Crippen molar-refractivity contribution in [2.45, 2.75) is 26.5 Å². The van der Waals surface area contributed by atoms with Crippen LogP contribution in [0.15, 0.2) is 0 Å². The van der Waals surface area contributed by atoms with Crippen molar-refractivity contribution in [3.8, 4) is 0 Å². The molecule has 1 aromatic rings. The predicted octanol–water partition coefficient (Wildman–Crippen LogP) is 0.996. The number of aromatic nitrogens is 2. The van der Waals surface area contributed by atoms with Crippen LogP contribution in [0.25, 0.3) is 0 Å². The Kier molecular flexibility index (Phi) is 5.78. The number of rotatable bonds is 7. The lowest BCUT2D eigenvalue weighted by Crippen LogP contribution is -2.09. The Labute approximate surface area is 112 Å². The van der Waals surface area contributed by atoms with E-state index >= 15 is 0 Å². The molecule has 19 heavy (non-hydrogen) atoms. The molecule has 0 aliphatic carbocycles. The van der Waals surface area contributed by atoms with E-state index < -0.39 is 5.97 Å². The number of ether oxygens (including phenoxy) is 3. The normalized spacial score (nSPS) is 11.0. The number of esters is 1. The number of hydrogen-bond donors (Lipinski definition) is 1. The van der Waals surface area contributed by atoms with E-state index in [4.69, 9.17) is 19.9 Å². The van der Waals surface area contributed by atoms with Crippen molar-refractivity contribution >= 4 is 11.8 Å². The number of methoxy groups -OCH3 is 2. The number of nitrogens with zero attached hydrogens (tertiary/aromatic N) is 2. The lowest BCUT2D eigenvalue weighted by molar-refractivity contribution is 0.0549. The molecule has 0 amide bonds. The fourth-order valence-corrected chi connectivity index (χ4v) is 1.59. The molecule has 2 N–H and O–H groups in total. The summed E-state index contributed by atoms with van der Waals surface area (Å²) >= 11 is 0. The Morgan fingerprint density at radius 1 is 1.37 bits per heavy atom. The van der Waals surface area contributed by atoms with Gasteiger partial charge < -0.3 is 19.9 Å². The summed E-state index contributed by atoms with van der Waals surface area (Å²) in [6.07, 6.45) is 0. The van der Waals surface area contributed by atoms with Crippen LogP contribution in [-0.2, 0) is 20.8 Å². The maximum absolute atomic E-state index is 11.7. The van der Waals surface area contributed by atoms with Crippen LogP contribution < -0.4 is 5.73 Å². The lowest BCUT2D eigenvalue weighted by atomic mass is 10.2. The summed E-state index contributed by atoms with van der Waals surface area (Å²) in [5, 5.41) is 4.18. The number of nitrogens with two attached hydrogens (primary N) is 1. The smallest absolute Gasteiger partial charge is 0.359 e. The first kappa shape index (κ1) is 15.5. The topological polar surface area (TPSA) is 88.6 Å². The molecule has 108 valence electrons. The summed E-state index contributed by atoms with van der Waals surface area (Å²) in [5.41, 5.74) is 6.75. The average molecular weight is 271 g/mol. The summed E-state index contributed by atoms with van der Waals surface area (Å²) < 4.78 is 16.6. The molecule has 0 bridgehead atoms. The molecule has 0 aliphatic heterocycles. The second-order valence-corrected chi connectivity index (χ2v) is 4.29. The minimum atomic E-state index is -0.517. The first-order chi connectivity index (χ1) is 9.02. The first-order valence-corrected chi connectivity index (χ1v) is 6.04. The van der Waals surface area contributed by atoms with Crippen LogP contribution in [0.3, 0.4) is 0 Å². The quantitative estimate of drug-likeness (QED) is 0.588. The third-order valence-corrected chi connectivity index (χ3v) is 2.60. The third-order valence-electron chi connectivity index (χ3n) is 2.60. The van der Waals surface area contributed by atoms with Gasteiger partial charge in [0.05, 0.1) is 32.5 Å². The van der Waals surface area contributed by atoms with E-state index in [1.165, 1.54) is 7.11 Å². The van der Waals surface area contributed by atoms with Gasteiger partial charge in [0, 0.05) is 13.2 Å². The first-order valence-electron chi connectivity index (χ1n) is 6.04. The Morgan fingerprint density at radius 3 is 2.58 bits per heavy atom. The highest BCUT2D eigenvalue weighted by atomic mass is 16.5. The van der Waals surface area contributed by atoms with Crippen LogP contribution in [-0.4, -0.2) is 43.2 Å². The van der Waals surface area contributed by atoms with Gasteiger partial charge in [-0.15, -0.1) is 0 Å². The third kappa shape index (κ3) is 3.68. The monoisotopic (exact) mass is 271 g/mol. The standard InChI is InChI=1S/C12H21N3O4/c1-8(2)15-11(13)9(7-19-6-5-17-3)10(14-15)12(16)18-4/h8H,5-7,13H2,1-4H3. The molecule has 0 saturated carbocycles. The van der Waals surface area contributed by atoms with Gasteiger partial charge in [0.1, 0.15) is 5.82 Å². The molecule has 0 spiro atoms. The van der Waals surface area contributed by atoms with Crippen molar-refractivity contribution in [1.29, 1.82) is 0 Å². The van der Waals surface area contributed by atoms with Gasteiger partial charge in [0.2, 0.25) is 0 Å². The summed E-state index contributed by atoms with van der Waals surface area (Å²) in [5.74, 6) is -0.0933. The van der Waals surface area contributed by atoms with E-state index in [0.29, 0.717) is 24.6 Å². The molecule has 1 heterocycles. The summed E-state index contributed by atoms with van der Waals surface area (Å²) in [6, 6.07) is 0.0520. The van der Waals surface area contributed by atoms with E-state index in [1.54, 1.807) is 11.8 Å². The van der Waals surface area contributed by atoms with Gasteiger partial charge in [0.25, 0.3) is 0 Å². The van der Waals surface area contributed by atoms with Gasteiger partial charge in [0.15, 0.2) is 5.69 Å². The zero-order chi connectivity index (χ0) is 14.4. The van der Waals surface area contributed by atoms with Crippen LogP contribution in [0.2, 0.25) is 0 Å². The SMILES string of the molecule is COCCOCc1c(C(=O)OC)nn(C(C)C)c1N.